The molecule has 0 atom stereocenters. The van der Waals surface area contributed by atoms with Gasteiger partial charge in [-0.15, -0.1) is 0 Å². The van der Waals surface area contributed by atoms with E-state index in [0.29, 0.717) is 25.5 Å². The first-order chi connectivity index (χ1) is 14.7. The molecule has 1 N–H and O–H groups in total. The van der Waals surface area contributed by atoms with E-state index in [9.17, 15) is 0 Å². The van der Waals surface area contributed by atoms with Crippen molar-refractivity contribution in [1.82, 2.24) is 5.43 Å². The van der Waals surface area contributed by atoms with Gasteiger partial charge in [-0.05, 0) is 77.0 Å². The minimum absolute atomic E-state index is 0.491. The van der Waals surface area contributed by atoms with Crippen molar-refractivity contribution >= 4 is 28.8 Å². The van der Waals surface area contributed by atoms with Crippen molar-refractivity contribution in [3.63, 3.8) is 0 Å². The van der Waals surface area contributed by atoms with Crippen molar-refractivity contribution < 1.29 is 14.2 Å². The molecule has 3 aromatic rings. The third-order valence-electron chi connectivity index (χ3n) is 4.34. The van der Waals surface area contributed by atoms with Gasteiger partial charge in [0.1, 0.15) is 12.4 Å². The van der Waals surface area contributed by atoms with Crippen LogP contribution in [0.15, 0.2) is 71.8 Å². The highest BCUT2D eigenvalue weighted by molar-refractivity contribution is 14.1. The van der Waals surface area contributed by atoms with Gasteiger partial charge in [0.2, 0.25) is 0 Å². The molecule has 6 heteroatoms. The second kappa shape index (κ2) is 11.4. The van der Waals surface area contributed by atoms with Crippen molar-refractivity contribution in [1.29, 1.82) is 0 Å². The number of nitrogens with zero attached hydrogens (tertiary/aromatic N) is 1. The average molecular weight is 516 g/mol. The first-order valence-electron chi connectivity index (χ1n) is 9.71. The van der Waals surface area contributed by atoms with Crippen molar-refractivity contribution in [3.05, 3.63) is 87.0 Å². The average Bonchev–Trinajstić information content (AvgIpc) is 2.77. The Balaban J connectivity index is 1.62. The fraction of sp³-hybridized carbons (Fsp3) is 0.208. The van der Waals surface area contributed by atoms with Crippen molar-refractivity contribution in [3.8, 4) is 17.2 Å². The van der Waals surface area contributed by atoms with E-state index in [1.165, 1.54) is 3.57 Å². The van der Waals surface area contributed by atoms with Crippen molar-refractivity contribution in [2.45, 2.75) is 20.1 Å². The van der Waals surface area contributed by atoms with Gasteiger partial charge in [-0.25, -0.2) is 0 Å². The summed E-state index contributed by atoms with van der Waals surface area (Å²) in [7, 11) is 1.67. The van der Waals surface area contributed by atoms with Crippen LogP contribution in [0.4, 0.5) is 0 Å². The van der Waals surface area contributed by atoms with E-state index in [1.54, 1.807) is 13.3 Å². The molecule has 3 rings (SSSR count). The number of hydrogen-bond donors (Lipinski definition) is 1. The van der Waals surface area contributed by atoms with Crippen LogP contribution in [-0.2, 0) is 13.2 Å². The lowest BCUT2D eigenvalue weighted by atomic mass is 10.2. The number of halogens is 1. The molecule has 0 fully saturated rings. The van der Waals surface area contributed by atoms with Crippen LogP contribution in [0.3, 0.4) is 0 Å². The summed E-state index contributed by atoms with van der Waals surface area (Å²) in [4.78, 5) is 0. The van der Waals surface area contributed by atoms with Gasteiger partial charge in [0, 0.05) is 9.13 Å². The number of nitrogens with one attached hydrogen (secondary N) is 1. The first kappa shape index (κ1) is 22.0. The van der Waals surface area contributed by atoms with Gasteiger partial charge in [0.15, 0.2) is 11.5 Å². The molecule has 0 aliphatic carbocycles. The van der Waals surface area contributed by atoms with Crippen LogP contribution in [-0.4, -0.2) is 19.9 Å². The highest BCUT2D eigenvalue weighted by atomic mass is 127. The van der Waals surface area contributed by atoms with Gasteiger partial charge >= 0.3 is 0 Å². The minimum atomic E-state index is 0.491. The lowest BCUT2D eigenvalue weighted by molar-refractivity contribution is 0.269. The van der Waals surface area contributed by atoms with E-state index in [2.05, 4.69) is 57.4 Å². The maximum atomic E-state index is 5.98. The van der Waals surface area contributed by atoms with Gasteiger partial charge in [0.05, 0.1) is 26.5 Å². The Kier molecular flexibility index (Phi) is 8.38. The number of benzene rings is 3. The molecule has 30 heavy (non-hydrogen) atoms. The van der Waals surface area contributed by atoms with E-state index in [-0.39, 0.29) is 0 Å². The largest absolute Gasteiger partial charge is 0.496 e. The molecule has 0 aromatic heterocycles. The molecule has 0 spiro atoms. The summed E-state index contributed by atoms with van der Waals surface area (Å²) in [6.45, 7) is 3.59. The summed E-state index contributed by atoms with van der Waals surface area (Å²) in [6, 6.07) is 21.9. The van der Waals surface area contributed by atoms with E-state index in [1.807, 2.05) is 49.4 Å². The second-order valence-corrected chi connectivity index (χ2v) is 7.70. The van der Waals surface area contributed by atoms with Crippen molar-refractivity contribution in [2.24, 2.45) is 5.10 Å². The fourth-order valence-electron chi connectivity index (χ4n) is 2.83. The summed E-state index contributed by atoms with van der Waals surface area (Å²) in [5.41, 5.74) is 6.15. The van der Waals surface area contributed by atoms with Crippen LogP contribution < -0.4 is 19.6 Å². The van der Waals surface area contributed by atoms with Gasteiger partial charge in [-0.1, -0.05) is 30.3 Å². The van der Waals surface area contributed by atoms with Crippen LogP contribution in [0.2, 0.25) is 0 Å². The van der Waals surface area contributed by atoms with Crippen LogP contribution >= 0.6 is 22.6 Å². The molecule has 0 aliphatic rings. The number of rotatable bonds is 10. The summed E-state index contributed by atoms with van der Waals surface area (Å²) in [6.07, 6.45) is 1.76. The zero-order valence-electron chi connectivity index (χ0n) is 17.1. The third-order valence-corrected chi connectivity index (χ3v) is 5.06. The summed E-state index contributed by atoms with van der Waals surface area (Å²) < 4.78 is 18.3. The Morgan fingerprint density at radius 1 is 0.933 bits per heavy atom. The Morgan fingerprint density at radius 3 is 2.50 bits per heavy atom. The molecule has 3 aromatic carbocycles. The molecule has 0 radical (unpaired) electrons. The molecule has 0 bridgehead atoms. The Hall–Kier alpha value is -2.74. The van der Waals surface area contributed by atoms with E-state index in [4.69, 9.17) is 14.2 Å². The smallest absolute Gasteiger partial charge is 0.161 e. The number of methoxy groups -OCH3 is 1. The molecule has 5 nitrogen and oxygen atoms in total. The van der Waals surface area contributed by atoms with Gasteiger partial charge in [-0.3, -0.25) is 0 Å². The monoisotopic (exact) mass is 516 g/mol. The highest BCUT2D eigenvalue weighted by Gasteiger charge is 2.07. The molecular formula is C24H25IN2O3. The quantitative estimate of drug-likeness (QED) is 0.223. The molecular weight excluding hydrogens is 491 g/mol. The van der Waals surface area contributed by atoms with Crippen LogP contribution in [0.25, 0.3) is 0 Å². The number of hydrogen-bond acceptors (Lipinski definition) is 5. The molecule has 0 saturated carbocycles. The molecule has 0 unspecified atom stereocenters. The normalized spacial score (nSPS) is 10.8. The Bertz CT molecular complexity index is 974. The molecule has 0 saturated heterocycles. The fourth-order valence-corrected chi connectivity index (χ4v) is 3.19. The number of hydrazone groups is 1. The zero-order chi connectivity index (χ0) is 21.2. The predicted octanol–water partition coefficient (Wildman–Crippen LogP) is 5.40. The molecule has 0 heterocycles. The number of para-hydroxylation sites is 1. The van der Waals surface area contributed by atoms with Crippen LogP contribution in [0, 0.1) is 3.57 Å². The molecule has 0 aliphatic heterocycles. The van der Waals surface area contributed by atoms with E-state index < -0.39 is 0 Å². The SMILES string of the molecule is CCOc1cc(/C=N/NCc2ccccc2OC)ccc1OCc1ccc(I)cc1. The highest BCUT2D eigenvalue weighted by Crippen LogP contribution is 2.29. The topological polar surface area (TPSA) is 52.1 Å². The first-order valence-corrected chi connectivity index (χ1v) is 10.8. The molecule has 156 valence electrons. The maximum Gasteiger partial charge on any atom is 0.161 e. The predicted molar refractivity (Wildman–Crippen MR) is 129 cm³/mol. The van der Waals surface area contributed by atoms with Gasteiger partial charge in [-0.2, -0.15) is 5.10 Å². The third kappa shape index (κ3) is 6.38. The standard InChI is InChI=1S/C24H25IN2O3/c1-3-29-24-14-19(15-26-27-16-20-6-4-5-7-22(20)28-2)10-13-23(24)30-17-18-8-11-21(25)12-9-18/h4-15,27H,3,16-17H2,1-2H3/b26-15+. The summed E-state index contributed by atoms with van der Waals surface area (Å²) >= 11 is 2.29. The lowest BCUT2D eigenvalue weighted by Crippen LogP contribution is -2.07. The molecule has 0 amide bonds. The Morgan fingerprint density at radius 2 is 1.73 bits per heavy atom. The second-order valence-electron chi connectivity index (χ2n) is 6.46. The lowest BCUT2D eigenvalue weighted by Gasteiger charge is -2.13. The van der Waals surface area contributed by atoms with Crippen LogP contribution in [0.1, 0.15) is 23.6 Å². The van der Waals surface area contributed by atoms with Gasteiger partial charge < -0.3 is 19.6 Å². The Labute approximate surface area is 191 Å². The summed E-state index contributed by atoms with van der Waals surface area (Å²) in [5.74, 6) is 2.26. The summed E-state index contributed by atoms with van der Waals surface area (Å²) in [5, 5.41) is 4.32. The van der Waals surface area contributed by atoms with Crippen molar-refractivity contribution in [2.75, 3.05) is 13.7 Å². The van der Waals surface area contributed by atoms with Gasteiger partial charge in [0.25, 0.3) is 0 Å². The van der Waals surface area contributed by atoms with E-state index >= 15 is 0 Å². The maximum absolute atomic E-state index is 5.98. The minimum Gasteiger partial charge on any atom is -0.496 e. The zero-order valence-corrected chi connectivity index (χ0v) is 19.3. The van der Waals surface area contributed by atoms with E-state index in [0.717, 1.165) is 28.2 Å². The number of ether oxygens (including phenoxy) is 3. The van der Waals surface area contributed by atoms with Crippen LogP contribution in [0.5, 0.6) is 17.2 Å².